The van der Waals surface area contributed by atoms with Gasteiger partial charge in [-0.1, -0.05) is 0 Å². The van der Waals surface area contributed by atoms with E-state index in [-0.39, 0.29) is 18.5 Å². The number of β-amino-alcohol motifs (C(OH)–C–C–N with tert-alkyl or cyclic N) is 2. The van der Waals surface area contributed by atoms with Gasteiger partial charge in [0, 0.05) is 63.1 Å². The van der Waals surface area contributed by atoms with E-state index in [1.807, 2.05) is 18.2 Å². The molecule has 2 aliphatic rings. The molecule has 6 rings (SSSR count). The van der Waals surface area contributed by atoms with Gasteiger partial charge >= 0.3 is 0 Å². The summed E-state index contributed by atoms with van der Waals surface area (Å²) in [5.41, 5.74) is 7.10. The molecule has 2 aromatic carbocycles. The van der Waals surface area contributed by atoms with Crippen LogP contribution in [-0.2, 0) is 0 Å². The number of hydrogen-bond acceptors (Lipinski definition) is 16. The highest BCUT2D eigenvalue weighted by atomic mass is 35.5. The number of halogens is 1. The Balaban J connectivity index is 0.000000207. The van der Waals surface area contributed by atoms with E-state index in [2.05, 4.69) is 45.7 Å². The SMILES string of the molecule is CNc1ccnc(Cl)n1.CNc1ccnc(Nc2ccc(OC)c(OC[C@@H](O)CN3CCCC3)c2)n1.COc1ccc(N)cc1OCC(O)CN1CCCC1. The van der Waals surface area contributed by atoms with Crippen molar-refractivity contribution in [1.82, 2.24) is 29.7 Å². The van der Waals surface area contributed by atoms with E-state index in [4.69, 9.17) is 36.3 Å². The van der Waals surface area contributed by atoms with Gasteiger partial charge in [-0.2, -0.15) is 4.98 Å². The van der Waals surface area contributed by atoms with Gasteiger partial charge in [0.2, 0.25) is 11.2 Å². The fourth-order valence-corrected chi connectivity index (χ4v) is 5.99. The van der Waals surface area contributed by atoms with Gasteiger partial charge < -0.3 is 60.6 Å². The molecule has 2 saturated heterocycles. The van der Waals surface area contributed by atoms with Gasteiger partial charge in [0.15, 0.2) is 23.0 Å². The van der Waals surface area contributed by atoms with Crippen molar-refractivity contribution in [3.63, 3.8) is 0 Å². The molecule has 16 nitrogen and oxygen atoms in total. The molecule has 2 aliphatic heterocycles. The van der Waals surface area contributed by atoms with Crippen LogP contribution in [0.2, 0.25) is 5.28 Å². The Morgan fingerprint density at radius 1 is 0.709 bits per heavy atom. The molecule has 0 aliphatic carbocycles. The fourth-order valence-electron chi connectivity index (χ4n) is 5.84. The maximum atomic E-state index is 10.2. The van der Waals surface area contributed by atoms with Gasteiger partial charge in [0.1, 0.15) is 37.1 Å². The van der Waals surface area contributed by atoms with Gasteiger partial charge in [-0.25, -0.2) is 15.0 Å². The standard InChI is InChI=1S/C19H27N5O3.C14H22N2O3.C5H6ClN3/c1-20-18-7-8-21-19(23-18)22-14-5-6-16(26-2)17(11-14)27-13-15(25)12-24-9-3-4-10-24;1-18-13-5-4-11(15)8-14(13)19-10-12(17)9-16-6-2-3-7-16;1-7-4-2-3-8-5(6)9-4/h5-8,11,15,25H,3-4,9-10,12-13H2,1-2H3,(H2,20,21,22,23);4-5,8,12,17H,2-3,6-7,9-10,15H2,1H3;2-3H,1H3,(H,7,8,9)/t15-;;/m0../s1. The number of aromatic nitrogens is 4. The number of nitrogens with zero attached hydrogens (tertiary/aromatic N) is 6. The fraction of sp³-hybridized carbons (Fsp3) is 0.474. The largest absolute Gasteiger partial charge is 0.493 e. The summed E-state index contributed by atoms with van der Waals surface area (Å²) in [6.07, 6.45) is 7.08. The number of nitrogens with two attached hydrogens (primary N) is 1. The summed E-state index contributed by atoms with van der Waals surface area (Å²) in [6.45, 7) is 5.97. The molecular formula is C38H55ClN10O6. The minimum Gasteiger partial charge on any atom is -0.493 e. The van der Waals surface area contributed by atoms with E-state index >= 15 is 0 Å². The number of ether oxygens (including phenoxy) is 4. The van der Waals surface area contributed by atoms with E-state index in [0.29, 0.717) is 47.7 Å². The summed E-state index contributed by atoms with van der Waals surface area (Å²) in [5.74, 6) is 4.31. The van der Waals surface area contributed by atoms with E-state index in [0.717, 1.165) is 43.5 Å². The summed E-state index contributed by atoms with van der Waals surface area (Å²) in [7, 11) is 6.76. The Bertz CT molecular complexity index is 1710. The molecule has 4 heterocycles. The van der Waals surface area contributed by atoms with Crippen LogP contribution in [0.4, 0.5) is 29.0 Å². The molecule has 0 saturated carbocycles. The number of rotatable bonds is 16. The lowest BCUT2D eigenvalue weighted by Crippen LogP contribution is -2.33. The molecule has 4 aromatic rings. The Labute approximate surface area is 328 Å². The molecule has 55 heavy (non-hydrogen) atoms. The van der Waals surface area contributed by atoms with Crippen LogP contribution in [0.1, 0.15) is 25.7 Å². The van der Waals surface area contributed by atoms with Crippen LogP contribution in [-0.4, -0.2) is 133 Å². The highest BCUT2D eigenvalue weighted by molar-refractivity contribution is 6.28. The van der Waals surface area contributed by atoms with Gasteiger partial charge in [0.05, 0.1) is 14.2 Å². The Kier molecular flexibility index (Phi) is 18.0. The zero-order chi connectivity index (χ0) is 39.4. The summed E-state index contributed by atoms with van der Waals surface area (Å²) in [6, 6.07) is 14.2. The first-order valence-corrected chi connectivity index (χ1v) is 18.7. The molecular weight excluding hydrogens is 728 g/mol. The monoisotopic (exact) mass is 782 g/mol. The summed E-state index contributed by atoms with van der Waals surface area (Å²) < 4.78 is 22.0. The number of anilines is 5. The van der Waals surface area contributed by atoms with Crippen LogP contribution in [0, 0.1) is 0 Å². The lowest BCUT2D eigenvalue weighted by atomic mass is 10.2. The first kappa shape index (κ1) is 42.9. The molecule has 7 N–H and O–H groups in total. The molecule has 17 heteroatoms. The number of likely N-dealkylation sites (tertiary alicyclic amines) is 2. The third kappa shape index (κ3) is 15.1. The van der Waals surface area contributed by atoms with E-state index in [9.17, 15) is 10.2 Å². The van der Waals surface area contributed by atoms with Gasteiger partial charge in [-0.15, -0.1) is 0 Å². The summed E-state index contributed by atoms with van der Waals surface area (Å²) in [4.78, 5) is 20.6. The molecule has 300 valence electrons. The van der Waals surface area contributed by atoms with Gasteiger partial charge in [-0.05, 0) is 99.9 Å². The minimum absolute atomic E-state index is 0.210. The van der Waals surface area contributed by atoms with Crippen molar-refractivity contribution in [2.24, 2.45) is 0 Å². The lowest BCUT2D eigenvalue weighted by molar-refractivity contribution is 0.0746. The van der Waals surface area contributed by atoms with Crippen molar-refractivity contribution in [2.75, 3.05) is 102 Å². The molecule has 2 fully saturated rings. The number of aliphatic hydroxyl groups excluding tert-OH is 2. The van der Waals surface area contributed by atoms with Crippen molar-refractivity contribution in [2.45, 2.75) is 37.9 Å². The Morgan fingerprint density at radius 2 is 1.22 bits per heavy atom. The second kappa shape index (κ2) is 23.1. The molecule has 0 bridgehead atoms. The van der Waals surface area contributed by atoms with Crippen molar-refractivity contribution in [3.8, 4) is 23.0 Å². The predicted octanol–water partition coefficient (Wildman–Crippen LogP) is 4.39. The van der Waals surface area contributed by atoms with Crippen LogP contribution in [0.15, 0.2) is 60.9 Å². The Hall–Kier alpha value is -4.87. The van der Waals surface area contributed by atoms with Crippen LogP contribution in [0.5, 0.6) is 23.0 Å². The second-order valence-corrected chi connectivity index (χ2v) is 13.2. The zero-order valence-corrected chi connectivity index (χ0v) is 32.8. The highest BCUT2D eigenvalue weighted by Gasteiger charge is 2.18. The quantitative estimate of drug-likeness (QED) is 0.0691. The maximum absolute atomic E-state index is 10.2. The van der Waals surface area contributed by atoms with E-state index in [1.165, 1.54) is 25.7 Å². The zero-order valence-electron chi connectivity index (χ0n) is 32.1. The van der Waals surface area contributed by atoms with Crippen LogP contribution in [0.25, 0.3) is 0 Å². The van der Waals surface area contributed by atoms with E-state index < -0.39 is 12.2 Å². The van der Waals surface area contributed by atoms with Crippen LogP contribution < -0.4 is 40.6 Å². The average molecular weight is 783 g/mol. The maximum Gasteiger partial charge on any atom is 0.229 e. The van der Waals surface area contributed by atoms with Crippen molar-refractivity contribution in [1.29, 1.82) is 0 Å². The van der Waals surface area contributed by atoms with Gasteiger partial charge in [-0.3, -0.25) is 0 Å². The summed E-state index contributed by atoms with van der Waals surface area (Å²) in [5, 5.41) is 29.4. The number of methoxy groups -OCH3 is 2. The molecule has 2 aromatic heterocycles. The molecule has 2 atom stereocenters. The van der Waals surface area contributed by atoms with Crippen molar-refractivity contribution in [3.05, 3.63) is 66.2 Å². The third-order valence-electron chi connectivity index (χ3n) is 8.60. The Morgan fingerprint density at radius 3 is 1.73 bits per heavy atom. The summed E-state index contributed by atoms with van der Waals surface area (Å²) >= 11 is 5.46. The molecule has 1 unspecified atom stereocenters. The first-order chi connectivity index (χ1) is 26.7. The van der Waals surface area contributed by atoms with Crippen molar-refractivity contribution < 1.29 is 29.2 Å². The predicted molar refractivity (Wildman–Crippen MR) is 216 cm³/mol. The van der Waals surface area contributed by atoms with Crippen LogP contribution in [0.3, 0.4) is 0 Å². The van der Waals surface area contributed by atoms with E-state index in [1.54, 1.807) is 71.0 Å². The molecule has 0 amide bonds. The van der Waals surface area contributed by atoms with Gasteiger partial charge in [0.25, 0.3) is 0 Å². The topological polar surface area (TPSA) is 198 Å². The van der Waals surface area contributed by atoms with Crippen molar-refractivity contribution >= 4 is 40.6 Å². The number of hydrogen-bond donors (Lipinski definition) is 6. The number of benzene rings is 2. The first-order valence-electron chi connectivity index (χ1n) is 18.3. The normalized spacial score (nSPS) is 15.0. The number of aliphatic hydroxyl groups is 2. The number of nitrogen functional groups attached to an aromatic ring is 1. The lowest BCUT2D eigenvalue weighted by Gasteiger charge is -2.20. The smallest absolute Gasteiger partial charge is 0.229 e. The highest BCUT2D eigenvalue weighted by Crippen LogP contribution is 2.32. The second-order valence-electron chi connectivity index (χ2n) is 12.8. The van der Waals surface area contributed by atoms with Crippen LogP contribution >= 0.6 is 11.6 Å². The molecule has 0 spiro atoms. The number of nitrogens with one attached hydrogen (secondary N) is 3. The third-order valence-corrected chi connectivity index (χ3v) is 8.78. The molecule has 0 radical (unpaired) electrons. The average Bonchev–Trinajstić information content (AvgIpc) is 3.92. The minimum atomic E-state index is -0.542.